The van der Waals surface area contributed by atoms with Gasteiger partial charge in [0.05, 0.1) is 11.3 Å². The molecule has 0 aliphatic heterocycles. The minimum Gasteiger partial charge on any atom is -1.00 e. The van der Waals surface area contributed by atoms with Crippen molar-refractivity contribution in [2.24, 2.45) is 0 Å². The van der Waals surface area contributed by atoms with Gasteiger partial charge in [0, 0.05) is 11.4 Å². The molecule has 0 radical (unpaired) electrons. The first-order chi connectivity index (χ1) is 6.50. The number of rotatable bonds is 2. The Morgan fingerprint density at radius 3 is 2.53 bits per heavy atom. The quantitative estimate of drug-likeness (QED) is 0.704. The summed E-state index contributed by atoms with van der Waals surface area (Å²) < 4.78 is 0.714. The molecule has 0 saturated heterocycles. The number of benzene rings is 1. The smallest absolute Gasteiger partial charge is 1.00 e. The van der Waals surface area contributed by atoms with E-state index in [1.807, 2.05) is 0 Å². The summed E-state index contributed by atoms with van der Waals surface area (Å²) in [5.74, 6) is -1.37. The number of hydrogen-bond acceptors (Lipinski definition) is 2. The number of anilines is 1. The van der Waals surface area contributed by atoms with Crippen molar-refractivity contribution in [3.8, 4) is 0 Å². The van der Waals surface area contributed by atoms with Crippen LogP contribution in [0, 0.1) is 0 Å². The SMILES string of the molecule is CC(=O)Nc1cc(Br)ccc1C(=O)O.[H-].[K+]. The zero-order valence-electron chi connectivity index (χ0n) is 9.37. The third kappa shape index (κ3) is 4.75. The van der Waals surface area contributed by atoms with Gasteiger partial charge in [-0.1, -0.05) is 15.9 Å². The topological polar surface area (TPSA) is 66.4 Å². The van der Waals surface area contributed by atoms with Gasteiger partial charge < -0.3 is 11.8 Å². The summed E-state index contributed by atoms with van der Waals surface area (Å²) in [7, 11) is 0. The molecular weight excluding hydrogens is 289 g/mol. The van der Waals surface area contributed by atoms with Crippen molar-refractivity contribution in [1.82, 2.24) is 0 Å². The molecule has 0 unspecified atom stereocenters. The van der Waals surface area contributed by atoms with E-state index in [-0.39, 0.29) is 64.3 Å². The summed E-state index contributed by atoms with van der Waals surface area (Å²) >= 11 is 3.19. The van der Waals surface area contributed by atoms with Gasteiger partial charge in [0.25, 0.3) is 0 Å². The van der Waals surface area contributed by atoms with Crippen LogP contribution in [0.15, 0.2) is 22.7 Å². The first kappa shape index (κ1) is 15.3. The van der Waals surface area contributed by atoms with Gasteiger partial charge in [-0.3, -0.25) is 4.79 Å². The summed E-state index contributed by atoms with van der Waals surface area (Å²) in [6, 6.07) is 4.58. The molecule has 6 heteroatoms. The Balaban J connectivity index is 0. The number of carbonyl (C=O) groups is 2. The van der Waals surface area contributed by atoms with Gasteiger partial charge in [0.2, 0.25) is 5.91 Å². The molecule has 2 N–H and O–H groups in total. The molecule has 15 heavy (non-hydrogen) atoms. The fourth-order valence-corrected chi connectivity index (χ4v) is 1.36. The molecule has 0 saturated carbocycles. The molecule has 0 bridgehead atoms. The molecule has 1 amide bonds. The zero-order valence-corrected chi connectivity index (χ0v) is 13.1. The Morgan fingerprint density at radius 2 is 2.07 bits per heavy atom. The zero-order chi connectivity index (χ0) is 10.7. The van der Waals surface area contributed by atoms with Crippen LogP contribution in [-0.2, 0) is 4.79 Å². The molecule has 1 aromatic rings. The summed E-state index contributed by atoms with van der Waals surface area (Å²) in [5, 5.41) is 11.2. The maximum Gasteiger partial charge on any atom is 1.00 e. The monoisotopic (exact) mass is 297 g/mol. The molecule has 1 aromatic carbocycles. The number of hydrogen-bond donors (Lipinski definition) is 2. The number of carboxylic acid groups (broad SMARTS) is 1. The summed E-state index contributed by atoms with van der Waals surface area (Å²) in [4.78, 5) is 21.5. The van der Waals surface area contributed by atoms with Crippen LogP contribution in [0.3, 0.4) is 0 Å². The van der Waals surface area contributed by atoms with Gasteiger partial charge in [0.1, 0.15) is 0 Å². The van der Waals surface area contributed by atoms with Crippen molar-refractivity contribution in [1.29, 1.82) is 0 Å². The second kappa shape index (κ2) is 6.77. The van der Waals surface area contributed by atoms with E-state index in [2.05, 4.69) is 21.2 Å². The van der Waals surface area contributed by atoms with Crippen LogP contribution in [0.25, 0.3) is 0 Å². The summed E-state index contributed by atoms with van der Waals surface area (Å²) in [6.07, 6.45) is 0. The Hall–Kier alpha value is 0.276. The van der Waals surface area contributed by atoms with Crippen LogP contribution in [0.1, 0.15) is 18.7 Å². The predicted molar refractivity (Wildman–Crippen MR) is 56.5 cm³/mol. The minimum absolute atomic E-state index is 0. The fraction of sp³-hybridized carbons (Fsp3) is 0.111. The standard InChI is InChI=1S/C9H8BrNO3.K.H/c1-5(12)11-8-4-6(10)2-3-7(8)9(13)14;;/h2-4H,1H3,(H,11,12)(H,13,14);;/q;+1;-1. The van der Waals surface area contributed by atoms with E-state index >= 15 is 0 Å². The molecule has 0 aliphatic carbocycles. The van der Waals surface area contributed by atoms with Crippen LogP contribution in [0.4, 0.5) is 5.69 Å². The first-order valence-electron chi connectivity index (χ1n) is 3.81. The maximum absolute atomic E-state index is 10.8. The van der Waals surface area contributed by atoms with E-state index in [1.54, 1.807) is 12.1 Å². The van der Waals surface area contributed by atoms with E-state index in [9.17, 15) is 9.59 Å². The van der Waals surface area contributed by atoms with E-state index in [0.29, 0.717) is 10.2 Å². The van der Waals surface area contributed by atoms with Crippen LogP contribution in [0.5, 0.6) is 0 Å². The van der Waals surface area contributed by atoms with Crippen LogP contribution >= 0.6 is 15.9 Å². The fourth-order valence-electron chi connectivity index (χ4n) is 0.996. The number of carboxylic acids is 1. The second-order valence-corrected chi connectivity index (χ2v) is 3.59. The van der Waals surface area contributed by atoms with Gasteiger partial charge >= 0.3 is 57.4 Å². The number of amides is 1. The molecule has 0 spiro atoms. The Kier molecular flexibility index (Phi) is 6.90. The molecule has 0 fully saturated rings. The Morgan fingerprint density at radius 1 is 1.47 bits per heavy atom. The van der Waals surface area contributed by atoms with Gasteiger partial charge in [0.15, 0.2) is 0 Å². The van der Waals surface area contributed by atoms with E-state index < -0.39 is 5.97 Å². The molecule has 1 rings (SSSR count). The van der Waals surface area contributed by atoms with Crippen molar-refractivity contribution < 1.29 is 67.5 Å². The number of carbonyl (C=O) groups excluding carboxylic acids is 1. The van der Waals surface area contributed by atoms with Crippen LogP contribution in [-0.4, -0.2) is 17.0 Å². The number of halogens is 1. The van der Waals surface area contributed by atoms with Crippen molar-refractivity contribution in [3.63, 3.8) is 0 Å². The van der Waals surface area contributed by atoms with Crippen LogP contribution in [0.2, 0.25) is 0 Å². The third-order valence-electron chi connectivity index (χ3n) is 1.52. The third-order valence-corrected chi connectivity index (χ3v) is 2.02. The average molecular weight is 298 g/mol. The van der Waals surface area contributed by atoms with Gasteiger partial charge in [-0.15, -0.1) is 0 Å². The maximum atomic E-state index is 10.8. The normalized spacial score (nSPS) is 8.93. The molecule has 4 nitrogen and oxygen atoms in total. The average Bonchev–Trinajstić information content (AvgIpc) is 2.01. The first-order valence-corrected chi connectivity index (χ1v) is 4.60. The van der Waals surface area contributed by atoms with Crippen LogP contribution < -0.4 is 56.7 Å². The molecule has 0 heterocycles. The largest absolute Gasteiger partial charge is 1.00 e. The molecule has 0 atom stereocenters. The van der Waals surface area contributed by atoms with Crippen molar-refractivity contribution in [2.75, 3.05) is 5.32 Å². The van der Waals surface area contributed by atoms with Crippen molar-refractivity contribution in [3.05, 3.63) is 28.2 Å². The molecule has 0 aromatic heterocycles. The molecule has 76 valence electrons. The number of nitrogens with one attached hydrogen (secondary N) is 1. The van der Waals surface area contributed by atoms with Gasteiger partial charge in [-0.25, -0.2) is 4.79 Å². The van der Waals surface area contributed by atoms with Gasteiger partial charge in [-0.2, -0.15) is 0 Å². The molecule has 0 aliphatic rings. The van der Waals surface area contributed by atoms with E-state index in [1.165, 1.54) is 13.0 Å². The van der Waals surface area contributed by atoms with Gasteiger partial charge in [-0.05, 0) is 18.2 Å². The van der Waals surface area contributed by atoms with Crippen molar-refractivity contribution >= 4 is 33.5 Å². The molecular formula is C9H9BrKNO3. The van der Waals surface area contributed by atoms with E-state index in [4.69, 9.17) is 5.11 Å². The minimum atomic E-state index is -1.07. The number of aromatic carboxylic acids is 1. The Bertz CT molecular complexity index is 400. The summed E-state index contributed by atoms with van der Waals surface area (Å²) in [6.45, 7) is 1.33. The predicted octanol–water partition coefficient (Wildman–Crippen LogP) is -0.778. The Labute approximate surface area is 139 Å². The summed E-state index contributed by atoms with van der Waals surface area (Å²) in [5.41, 5.74) is 0.364. The second-order valence-electron chi connectivity index (χ2n) is 2.68. The van der Waals surface area contributed by atoms with E-state index in [0.717, 1.165) is 0 Å². The van der Waals surface area contributed by atoms with Crippen molar-refractivity contribution in [2.45, 2.75) is 6.92 Å².